The second-order valence-corrected chi connectivity index (χ2v) is 8.20. The van der Waals surface area contributed by atoms with Crippen LogP contribution in [0.5, 0.6) is 0 Å². The maximum Gasteiger partial charge on any atom is 0.342 e. The summed E-state index contributed by atoms with van der Waals surface area (Å²) < 4.78 is 38.7. The number of carbonyl (C=O) groups excluding carboxylic acids is 1. The van der Waals surface area contributed by atoms with Gasteiger partial charge < -0.3 is 14.3 Å². The van der Waals surface area contributed by atoms with Gasteiger partial charge in [0.2, 0.25) is 0 Å². The van der Waals surface area contributed by atoms with Crippen LogP contribution in [0.1, 0.15) is 46.7 Å². The number of hydrogen-bond donors (Lipinski definition) is 2. The Morgan fingerprint density at radius 2 is 1.80 bits per heavy atom. The molecule has 1 heterocycles. The minimum absolute atomic E-state index is 0.0173. The number of hydrogen-bond acceptors (Lipinski definition) is 6. The number of aryl methyl sites for hydroxylation is 1. The zero-order chi connectivity index (χ0) is 21.9. The summed E-state index contributed by atoms with van der Waals surface area (Å²) in [6, 6.07) is 9.49. The van der Waals surface area contributed by atoms with Gasteiger partial charge in [0.1, 0.15) is 16.9 Å². The maximum absolute atomic E-state index is 12.7. The van der Waals surface area contributed by atoms with Crippen LogP contribution in [0.2, 0.25) is 0 Å². The molecule has 0 bridgehead atoms. The molecule has 2 aromatic carbocycles. The fourth-order valence-electron chi connectivity index (χ4n) is 3.03. The number of carboxylic acid groups (broad SMARTS) is 1. The van der Waals surface area contributed by atoms with E-state index in [1.165, 1.54) is 36.4 Å². The zero-order valence-corrected chi connectivity index (χ0v) is 17.3. The topological polar surface area (TPSA) is 123 Å². The highest BCUT2D eigenvalue weighted by atomic mass is 32.2. The molecule has 0 fully saturated rings. The van der Waals surface area contributed by atoms with Gasteiger partial charge in [-0.3, -0.25) is 4.72 Å². The number of anilines is 1. The van der Waals surface area contributed by atoms with Crippen LogP contribution in [0.15, 0.2) is 51.8 Å². The molecule has 0 aliphatic heterocycles. The molecule has 1 aromatic heterocycles. The molecule has 3 aromatic rings. The van der Waals surface area contributed by atoms with E-state index in [0.717, 1.165) is 6.42 Å². The summed E-state index contributed by atoms with van der Waals surface area (Å²) in [6.07, 6.45) is 1.30. The Morgan fingerprint density at radius 3 is 2.40 bits per heavy atom. The van der Waals surface area contributed by atoms with Crippen molar-refractivity contribution in [2.45, 2.75) is 31.6 Å². The molecule has 0 unspecified atom stereocenters. The summed E-state index contributed by atoms with van der Waals surface area (Å²) in [5.41, 5.74) is 0.964. The van der Waals surface area contributed by atoms with Crippen LogP contribution in [0, 0.1) is 0 Å². The van der Waals surface area contributed by atoms with Gasteiger partial charge in [-0.1, -0.05) is 6.92 Å². The lowest BCUT2D eigenvalue weighted by atomic mass is 10.1. The van der Waals surface area contributed by atoms with E-state index in [-0.39, 0.29) is 22.8 Å². The predicted octanol–water partition coefficient (Wildman–Crippen LogP) is 4.06. The first-order valence-electron chi connectivity index (χ1n) is 9.35. The Balaban J connectivity index is 1.99. The van der Waals surface area contributed by atoms with E-state index in [1.807, 2.05) is 6.92 Å². The summed E-state index contributed by atoms with van der Waals surface area (Å²) >= 11 is 0. The van der Waals surface area contributed by atoms with Crippen LogP contribution in [-0.2, 0) is 21.2 Å². The summed E-state index contributed by atoms with van der Waals surface area (Å²) in [4.78, 5) is 23.3. The SMILES string of the molecule is CCCc1oc2ccc(NS(=O)(=O)c3ccc(C(=O)O)cc3)cc2c1C(=O)OCC. The second kappa shape index (κ2) is 8.58. The third-order valence-corrected chi connectivity index (χ3v) is 5.78. The first-order chi connectivity index (χ1) is 14.3. The minimum Gasteiger partial charge on any atom is -0.478 e. The smallest absolute Gasteiger partial charge is 0.342 e. The zero-order valence-electron chi connectivity index (χ0n) is 16.5. The average Bonchev–Trinajstić information content (AvgIpc) is 3.05. The number of benzene rings is 2. The van der Waals surface area contributed by atoms with Gasteiger partial charge in [-0.25, -0.2) is 18.0 Å². The van der Waals surface area contributed by atoms with Gasteiger partial charge in [0.15, 0.2) is 0 Å². The van der Waals surface area contributed by atoms with E-state index in [2.05, 4.69) is 4.72 Å². The number of ether oxygens (including phenoxy) is 1. The van der Waals surface area contributed by atoms with Crippen molar-refractivity contribution >= 4 is 38.6 Å². The molecule has 0 aliphatic carbocycles. The van der Waals surface area contributed by atoms with Crippen LogP contribution in [0.4, 0.5) is 5.69 Å². The van der Waals surface area contributed by atoms with E-state index < -0.39 is 22.0 Å². The van der Waals surface area contributed by atoms with Crippen LogP contribution >= 0.6 is 0 Å². The second-order valence-electron chi connectivity index (χ2n) is 6.52. The number of esters is 1. The molecule has 0 aliphatic rings. The van der Waals surface area contributed by atoms with E-state index in [9.17, 15) is 18.0 Å². The Morgan fingerprint density at radius 1 is 1.10 bits per heavy atom. The number of carboxylic acids is 1. The molecular weight excluding hydrogens is 410 g/mol. The lowest BCUT2D eigenvalue weighted by Gasteiger charge is -2.09. The highest BCUT2D eigenvalue weighted by Gasteiger charge is 2.23. The van der Waals surface area contributed by atoms with E-state index in [4.69, 9.17) is 14.3 Å². The largest absolute Gasteiger partial charge is 0.478 e. The molecule has 3 rings (SSSR count). The van der Waals surface area contributed by atoms with Crippen molar-refractivity contribution in [2.75, 3.05) is 11.3 Å². The van der Waals surface area contributed by atoms with Gasteiger partial charge in [0.05, 0.1) is 17.1 Å². The van der Waals surface area contributed by atoms with E-state index in [0.29, 0.717) is 28.7 Å². The molecule has 0 spiro atoms. The standard InChI is InChI=1S/C21H21NO7S/c1-3-5-18-19(21(25)28-4-2)16-12-14(8-11-17(16)29-18)22-30(26,27)15-9-6-13(7-10-15)20(23)24/h6-12,22H,3-5H2,1-2H3,(H,23,24). The monoisotopic (exact) mass is 431 g/mol. The van der Waals surface area contributed by atoms with Gasteiger partial charge >= 0.3 is 11.9 Å². The molecule has 8 nitrogen and oxygen atoms in total. The number of rotatable bonds is 8. The Bertz CT molecular complexity index is 1190. The molecular formula is C21H21NO7S. The molecule has 30 heavy (non-hydrogen) atoms. The third-order valence-electron chi connectivity index (χ3n) is 4.38. The molecule has 0 amide bonds. The molecule has 0 saturated carbocycles. The highest BCUT2D eigenvalue weighted by molar-refractivity contribution is 7.92. The number of furan rings is 1. The van der Waals surface area contributed by atoms with Gasteiger partial charge in [0.25, 0.3) is 10.0 Å². The minimum atomic E-state index is -3.96. The first-order valence-corrected chi connectivity index (χ1v) is 10.8. The Labute approximate surface area is 173 Å². The fourth-order valence-corrected chi connectivity index (χ4v) is 4.08. The van der Waals surface area contributed by atoms with Crippen molar-refractivity contribution in [1.29, 1.82) is 0 Å². The number of sulfonamides is 1. The number of fused-ring (bicyclic) bond motifs is 1. The number of nitrogens with one attached hydrogen (secondary N) is 1. The number of carbonyl (C=O) groups is 2. The average molecular weight is 431 g/mol. The maximum atomic E-state index is 12.7. The summed E-state index contributed by atoms with van der Waals surface area (Å²) in [6.45, 7) is 3.86. The Hall–Kier alpha value is -3.33. The molecule has 2 N–H and O–H groups in total. The van der Waals surface area contributed by atoms with Crippen LogP contribution < -0.4 is 4.72 Å². The summed E-state index contributed by atoms with van der Waals surface area (Å²) in [7, 11) is -3.96. The lowest BCUT2D eigenvalue weighted by molar-refractivity contribution is 0.0525. The van der Waals surface area contributed by atoms with Crippen molar-refractivity contribution in [3.8, 4) is 0 Å². The van der Waals surface area contributed by atoms with Crippen LogP contribution in [0.3, 0.4) is 0 Å². The normalized spacial score (nSPS) is 11.4. The highest BCUT2D eigenvalue weighted by Crippen LogP contribution is 2.31. The summed E-state index contributed by atoms with van der Waals surface area (Å²) in [5.74, 6) is -1.18. The lowest BCUT2D eigenvalue weighted by Crippen LogP contribution is -2.13. The molecule has 0 radical (unpaired) electrons. The van der Waals surface area contributed by atoms with Crippen LogP contribution in [0.25, 0.3) is 11.0 Å². The predicted molar refractivity (Wildman–Crippen MR) is 110 cm³/mol. The fraction of sp³-hybridized carbons (Fsp3) is 0.238. The molecule has 0 atom stereocenters. The molecule has 158 valence electrons. The van der Waals surface area contributed by atoms with Gasteiger partial charge in [-0.05, 0) is 55.8 Å². The summed E-state index contributed by atoms with van der Waals surface area (Å²) in [5, 5.41) is 9.41. The van der Waals surface area contributed by atoms with Crippen molar-refractivity contribution in [3.05, 3.63) is 59.4 Å². The van der Waals surface area contributed by atoms with Crippen molar-refractivity contribution in [1.82, 2.24) is 0 Å². The van der Waals surface area contributed by atoms with Gasteiger partial charge in [-0.2, -0.15) is 0 Å². The van der Waals surface area contributed by atoms with E-state index in [1.54, 1.807) is 13.0 Å². The van der Waals surface area contributed by atoms with Gasteiger partial charge in [0, 0.05) is 17.5 Å². The quantitative estimate of drug-likeness (QED) is 0.516. The number of aromatic carboxylic acids is 1. The van der Waals surface area contributed by atoms with Crippen LogP contribution in [-0.4, -0.2) is 32.1 Å². The first kappa shape index (κ1) is 21.4. The van der Waals surface area contributed by atoms with Crippen molar-refractivity contribution in [3.63, 3.8) is 0 Å². The molecule has 0 saturated heterocycles. The van der Waals surface area contributed by atoms with E-state index >= 15 is 0 Å². The van der Waals surface area contributed by atoms with Gasteiger partial charge in [-0.15, -0.1) is 0 Å². The van der Waals surface area contributed by atoms with Crippen molar-refractivity contribution in [2.24, 2.45) is 0 Å². The third kappa shape index (κ3) is 4.30. The molecule has 9 heteroatoms. The Kier molecular flexibility index (Phi) is 6.12. The van der Waals surface area contributed by atoms with Crippen molar-refractivity contribution < 1.29 is 32.3 Å².